The van der Waals surface area contributed by atoms with Crippen LogP contribution in [0.25, 0.3) is 0 Å². The van der Waals surface area contributed by atoms with Gasteiger partial charge in [-0.05, 0) is 13.0 Å². The maximum Gasteiger partial charge on any atom is 0.338 e. The van der Waals surface area contributed by atoms with Crippen molar-refractivity contribution < 1.29 is 22.9 Å². The van der Waals surface area contributed by atoms with Crippen LogP contribution in [0, 0.1) is 17.0 Å². The molecular formula is C9H8ClNO6S. The molecule has 0 aliphatic rings. The molecule has 0 saturated carbocycles. The van der Waals surface area contributed by atoms with Crippen molar-refractivity contribution in [1.29, 1.82) is 0 Å². The lowest BCUT2D eigenvalue weighted by Crippen LogP contribution is -2.08. The molecule has 0 aliphatic heterocycles. The predicted octanol–water partition coefficient (Wildman–Crippen LogP) is 1.62. The number of carbonyl (C=O) groups excluding carboxylic acids is 1. The zero-order chi connectivity index (χ0) is 14.1. The predicted molar refractivity (Wildman–Crippen MR) is 62.2 cm³/mol. The molecule has 0 bridgehead atoms. The molecule has 1 rings (SSSR count). The van der Waals surface area contributed by atoms with Crippen LogP contribution in [0.5, 0.6) is 0 Å². The second-order valence-corrected chi connectivity index (χ2v) is 5.87. The van der Waals surface area contributed by atoms with Crippen LogP contribution >= 0.6 is 10.7 Å². The summed E-state index contributed by atoms with van der Waals surface area (Å²) in [6.45, 7) is 1.31. The van der Waals surface area contributed by atoms with Crippen molar-refractivity contribution in [3.8, 4) is 0 Å². The number of nitro benzene ring substituents is 1. The highest BCUT2D eigenvalue weighted by atomic mass is 35.7. The molecule has 0 fully saturated rings. The van der Waals surface area contributed by atoms with Gasteiger partial charge in [-0.3, -0.25) is 10.1 Å². The monoisotopic (exact) mass is 293 g/mol. The number of ether oxygens (including phenoxy) is 1. The van der Waals surface area contributed by atoms with Gasteiger partial charge in [-0.1, -0.05) is 0 Å². The third kappa shape index (κ3) is 2.77. The van der Waals surface area contributed by atoms with Crippen LogP contribution in [0.15, 0.2) is 17.0 Å². The highest BCUT2D eigenvalue weighted by Gasteiger charge is 2.24. The van der Waals surface area contributed by atoms with Crippen LogP contribution in [-0.2, 0) is 13.8 Å². The Morgan fingerprint density at radius 3 is 2.39 bits per heavy atom. The van der Waals surface area contributed by atoms with Crippen LogP contribution < -0.4 is 0 Å². The van der Waals surface area contributed by atoms with Crippen molar-refractivity contribution in [1.82, 2.24) is 0 Å². The van der Waals surface area contributed by atoms with Crippen molar-refractivity contribution >= 4 is 31.4 Å². The van der Waals surface area contributed by atoms with Gasteiger partial charge in [0.25, 0.3) is 14.7 Å². The summed E-state index contributed by atoms with van der Waals surface area (Å²) < 4.78 is 26.8. The molecule has 7 nitrogen and oxygen atoms in total. The van der Waals surface area contributed by atoms with Gasteiger partial charge in [0, 0.05) is 22.3 Å². The van der Waals surface area contributed by atoms with E-state index in [1.807, 2.05) is 0 Å². The fraction of sp³-hybridized carbons (Fsp3) is 0.222. The van der Waals surface area contributed by atoms with Crippen LogP contribution in [0.3, 0.4) is 0 Å². The number of halogens is 1. The van der Waals surface area contributed by atoms with Crippen molar-refractivity contribution in [2.24, 2.45) is 0 Å². The first-order chi connectivity index (χ1) is 8.18. The zero-order valence-corrected chi connectivity index (χ0v) is 10.9. The van der Waals surface area contributed by atoms with Gasteiger partial charge in [-0.2, -0.15) is 0 Å². The first-order valence-electron chi connectivity index (χ1n) is 4.50. The molecule has 0 amide bonds. The lowest BCUT2D eigenvalue weighted by molar-refractivity contribution is -0.385. The fourth-order valence-electron chi connectivity index (χ4n) is 1.33. The molecule has 1 aromatic rings. The van der Waals surface area contributed by atoms with E-state index in [1.165, 1.54) is 6.92 Å². The minimum Gasteiger partial charge on any atom is -0.465 e. The van der Waals surface area contributed by atoms with Gasteiger partial charge in [0.2, 0.25) is 0 Å². The molecule has 0 atom stereocenters. The minimum atomic E-state index is -4.18. The van der Waals surface area contributed by atoms with Gasteiger partial charge < -0.3 is 4.74 Å². The molecule has 0 aliphatic carbocycles. The molecule has 0 saturated heterocycles. The van der Waals surface area contributed by atoms with Gasteiger partial charge in [-0.25, -0.2) is 13.2 Å². The summed E-state index contributed by atoms with van der Waals surface area (Å²) in [5.74, 6) is -0.877. The normalized spacial score (nSPS) is 11.1. The van der Waals surface area contributed by atoms with E-state index in [1.54, 1.807) is 0 Å². The lowest BCUT2D eigenvalue weighted by Gasteiger charge is -2.06. The number of methoxy groups -OCH3 is 1. The van der Waals surface area contributed by atoms with Crippen molar-refractivity contribution in [2.45, 2.75) is 11.8 Å². The van der Waals surface area contributed by atoms with Gasteiger partial charge in [-0.15, -0.1) is 0 Å². The number of carbonyl (C=O) groups is 1. The highest BCUT2D eigenvalue weighted by Crippen LogP contribution is 2.28. The SMILES string of the molecule is COC(=O)c1cc(S(=O)(=O)Cl)cc([N+](=O)[O-])c1C. The van der Waals surface area contributed by atoms with Crippen LogP contribution in [-0.4, -0.2) is 26.4 Å². The van der Waals surface area contributed by atoms with Crippen molar-refractivity contribution in [3.63, 3.8) is 0 Å². The summed E-state index contributed by atoms with van der Waals surface area (Å²) in [5.41, 5.74) is -0.723. The molecule has 1 aromatic carbocycles. The van der Waals surface area contributed by atoms with E-state index in [0.29, 0.717) is 0 Å². The summed E-state index contributed by atoms with van der Waals surface area (Å²) in [4.78, 5) is 20.9. The van der Waals surface area contributed by atoms with Crippen molar-refractivity contribution in [3.05, 3.63) is 33.4 Å². The van der Waals surface area contributed by atoms with Gasteiger partial charge in [0.05, 0.1) is 22.5 Å². The van der Waals surface area contributed by atoms with E-state index in [0.717, 1.165) is 19.2 Å². The van der Waals surface area contributed by atoms with E-state index < -0.39 is 30.5 Å². The second-order valence-electron chi connectivity index (χ2n) is 3.30. The van der Waals surface area contributed by atoms with E-state index in [4.69, 9.17) is 10.7 Å². The average molecular weight is 294 g/mol. The summed E-state index contributed by atoms with van der Waals surface area (Å²) in [6.07, 6.45) is 0. The number of hydrogen-bond acceptors (Lipinski definition) is 6. The fourth-order valence-corrected chi connectivity index (χ4v) is 2.10. The van der Waals surface area contributed by atoms with E-state index in [-0.39, 0.29) is 11.1 Å². The van der Waals surface area contributed by atoms with Crippen LogP contribution in [0.1, 0.15) is 15.9 Å². The molecule has 18 heavy (non-hydrogen) atoms. The van der Waals surface area contributed by atoms with Gasteiger partial charge in [0.15, 0.2) is 0 Å². The molecular weight excluding hydrogens is 286 g/mol. The molecule has 9 heteroatoms. The molecule has 0 unspecified atom stereocenters. The Labute approximate surface area is 107 Å². The Morgan fingerprint density at radius 2 is 2.00 bits per heavy atom. The standard InChI is InChI=1S/C9H8ClNO6S/c1-5-7(9(12)17-2)3-6(18(10,15)16)4-8(5)11(13)14/h3-4H,1-2H3. The summed E-state index contributed by atoms with van der Waals surface area (Å²) in [7, 11) is 2.00. The molecule has 98 valence electrons. The summed E-state index contributed by atoms with van der Waals surface area (Å²) in [6, 6.07) is 1.74. The second kappa shape index (κ2) is 4.91. The number of hydrogen-bond donors (Lipinski definition) is 0. The Balaban J connectivity index is 3.68. The highest BCUT2D eigenvalue weighted by molar-refractivity contribution is 8.13. The minimum absolute atomic E-state index is 0.0101. The zero-order valence-electron chi connectivity index (χ0n) is 9.34. The van der Waals surface area contributed by atoms with E-state index in [9.17, 15) is 23.3 Å². The number of nitrogens with zero attached hydrogens (tertiary/aromatic N) is 1. The lowest BCUT2D eigenvalue weighted by atomic mass is 10.1. The number of nitro groups is 1. The molecule has 0 N–H and O–H groups in total. The van der Waals surface area contributed by atoms with Gasteiger partial charge in [0.1, 0.15) is 0 Å². The molecule has 0 heterocycles. The largest absolute Gasteiger partial charge is 0.465 e. The Kier molecular flexibility index (Phi) is 3.92. The number of rotatable bonds is 3. The number of esters is 1. The summed E-state index contributed by atoms with van der Waals surface area (Å²) >= 11 is 0. The Morgan fingerprint density at radius 1 is 1.44 bits per heavy atom. The van der Waals surface area contributed by atoms with Crippen LogP contribution in [0.2, 0.25) is 0 Å². The maximum atomic E-state index is 11.4. The van der Waals surface area contributed by atoms with Crippen molar-refractivity contribution in [2.75, 3.05) is 7.11 Å². The topological polar surface area (TPSA) is 104 Å². The Bertz CT molecular complexity index is 624. The first-order valence-corrected chi connectivity index (χ1v) is 6.81. The van der Waals surface area contributed by atoms with Gasteiger partial charge >= 0.3 is 5.97 Å². The van der Waals surface area contributed by atoms with E-state index >= 15 is 0 Å². The van der Waals surface area contributed by atoms with Crippen LogP contribution in [0.4, 0.5) is 5.69 Å². The summed E-state index contributed by atoms with van der Waals surface area (Å²) in [5, 5.41) is 10.8. The van der Waals surface area contributed by atoms with E-state index in [2.05, 4.69) is 4.74 Å². The number of benzene rings is 1. The first kappa shape index (κ1) is 14.4. The average Bonchev–Trinajstić information content (AvgIpc) is 2.26. The molecule has 0 aromatic heterocycles. The smallest absolute Gasteiger partial charge is 0.338 e. The molecule has 0 spiro atoms. The quantitative estimate of drug-likeness (QED) is 0.363. The Hall–Kier alpha value is -1.67. The maximum absolute atomic E-state index is 11.4. The molecule has 0 radical (unpaired) electrons. The third-order valence-electron chi connectivity index (χ3n) is 2.24. The third-order valence-corrected chi connectivity index (χ3v) is 3.57.